The number of ether oxygens (including phenoxy) is 1. The molecule has 3 aromatic rings. The summed E-state index contributed by atoms with van der Waals surface area (Å²) in [6.45, 7) is 1.87. The first-order chi connectivity index (χ1) is 14.0. The van der Waals surface area contributed by atoms with Crippen molar-refractivity contribution in [2.75, 3.05) is 6.61 Å². The SMILES string of the molecule is CCOC(=O)C1=c2sc(=Cc3ccco3)c(=O)n2C(=O)C2=C(N)n3cccc3C21. The molecule has 0 fully saturated rings. The number of carbonyl (C=O) groups excluding carboxylic acids is 2. The zero-order chi connectivity index (χ0) is 20.3. The van der Waals surface area contributed by atoms with E-state index < -0.39 is 23.4 Å². The van der Waals surface area contributed by atoms with Crippen LogP contribution in [0.2, 0.25) is 0 Å². The molecule has 3 aromatic heterocycles. The van der Waals surface area contributed by atoms with Gasteiger partial charge in [0.25, 0.3) is 11.5 Å². The van der Waals surface area contributed by atoms with Crippen LogP contribution in [0.3, 0.4) is 0 Å². The lowest BCUT2D eigenvalue weighted by Gasteiger charge is -2.21. The first-order valence-corrected chi connectivity index (χ1v) is 9.75. The molecule has 9 heteroatoms. The predicted octanol–water partition coefficient (Wildman–Crippen LogP) is 0.425. The Bertz CT molecular complexity index is 1380. The van der Waals surface area contributed by atoms with Gasteiger partial charge in [0, 0.05) is 18.0 Å². The molecule has 2 aliphatic rings. The maximum atomic E-state index is 13.3. The van der Waals surface area contributed by atoms with E-state index in [1.807, 2.05) is 0 Å². The van der Waals surface area contributed by atoms with E-state index in [-0.39, 0.29) is 32.8 Å². The van der Waals surface area contributed by atoms with Gasteiger partial charge in [0.1, 0.15) is 16.2 Å². The third-order valence-electron chi connectivity index (χ3n) is 4.99. The lowest BCUT2D eigenvalue weighted by Crippen LogP contribution is -2.43. The third kappa shape index (κ3) is 2.34. The Morgan fingerprint density at radius 3 is 2.90 bits per heavy atom. The van der Waals surface area contributed by atoms with Crippen LogP contribution in [0.15, 0.2) is 51.5 Å². The molecule has 0 bridgehead atoms. The van der Waals surface area contributed by atoms with Crippen LogP contribution >= 0.6 is 11.3 Å². The van der Waals surface area contributed by atoms with Gasteiger partial charge in [0.2, 0.25) is 0 Å². The molecule has 5 rings (SSSR count). The normalized spacial score (nSPS) is 18.1. The monoisotopic (exact) mass is 409 g/mol. The Morgan fingerprint density at radius 1 is 1.34 bits per heavy atom. The van der Waals surface area contributed by atoms with Gasteiger partial charge in [-0.25, -0.2) is 9.36 Å². The van der Waals surface area contributed by atoms with Gasteiger partial charge < -0.3 is 19.5 Å². The largest absolute Gasteiger partial charge is 0.465 e. The fourth-order valence-corrected chi connectivity index (χ4v) is 4.94. The second kappa shape index (κ2) is 6.21. The molecule has 146 valence electrons. The topological polar surface area (TPSA) is 109 Å². The molecular weight excluding hydrogens is 394 g/mol. The summed E-state index contributed by atoms with van der Waals surface area (Å²) in [5, 5.41) is 0. The van der Waals surface area contributed by atoms with Crippen LogP contribution in [0.25, 0.3) is 17.5 Å². The number of hydrogen-bond acceptors (Lipinski definition) is 7. The van der Waals surface area contributed by atoms with Gasteiger partial charge in [0.15, 0.2) is 0 Å². The van der Waals surface area contributed by atoms with E-state index in [0.29, 0.717) is 11.5 Å². The van der Waals surface area contributed by atoms with Gasteiger partial charge in [-0.1, -0.05) is 0 Å². The van der Waals surface area contributed by atoms with Crippen molar-refractivity contribution in [2.24, 2.45) is 5.73 Å². The van der Waals surface area contributed by atoms with Crippen LogP contribution < -0.4 is 20.5 Å². The Hall–Kier alpha value is -3.59. The zero-order valence-electron chi connectivity index (χ0n) is 15.2. The number of thiazole rings is 1. The Balaban J connectivity index is 1.88. The highest BCUT2D eigenvalue weighted by Crippen LogP contribution is 2.42. The highest BCUT2D eigenvalue weighted by Gasteiger charge is 2.45. The molecule has 1 atom stereocenters. The molecule has 0 saturated carbocycles. The van der Waals surface area contributed by atoms with Crippen LogP contribution in [0.4, 0.5) is 0 Å². The number of esters is 1. The van der Waals surface area contributed by atoms with E-state index in [1.54, 1.807) is 48.0 Å². The van der Waals surface area contributed by atoms with Crippen LogP contribution in [0.5, 0.6) is 0 Å². The fourth-order valence-electron chi connectivity index (χ4n) is 3.81. The minimum Gasteiger partial charge on any atom is -0.465 e. The summed E-state index contributed by atoms with van der Waals surface area (Å²) in [5.74, 6) is -1.10. The number of allylic oxidation sites excluding steroid dienone is 1. The fraction of sp³-hybridized carbons (Fsp3) is 0.150. The van der Waals surface area contributed by atoms with Crippen molar-refractivity contribution in [3.8, 4) is 0 Å². The first-order valence-electron chi connectivity index (χ1n) is 8.93. The number of aromatic nitrogens is 2. The van der Waals surface area contributed by atoms with E-state index in [1.165, 1.54) is 6.26 Å². The highest BCUT2D eigenvalue weighted by atomic mass is 32.1. The van der Waals surface area contributed by atoms with Gasteiger partial charge in [-0.15, -0.1) is 11.3 Å². The zero-order valence-corrected chi connectivity index (χ0v) is 16.1. The summed E-state index contributed by atoms with van der Waals surface area (Å²) in [6, 6.07) is 6.98. The quantitative estimate of drug-likeness (QED) is 0.628. The minimum absolute atomic E-state index is 0.166. The highest BCUT2D eigenvalue weighted by molar-refractivity contribution is 7.07. The van der Waals surface area contributed by atoms with E-state index in [9.17, 15) is 14.4 Å². The van der Waals surface area contributed by atoms with Gasteiger partial charge in [0.05, 0.1) is 34.5 Å². The summed E-state index contributed by atoms with van der Waals surface area (Å²) in [5.41, 5.74) is 6.83. The van der Waals surface area contributed by atoms with Crippen molar-refractivity contribution in [1.29, 1.82) is 0 Å². The summed E-state index contributed by atoms with van der Waals surface area (Å²) in [6.07, 6.45) is 4.76. The molecule has 2 aliphatic heterocycles. The van der Waals surface area contributed by atoms with Crippen LogP contribution in [0.1, 0.15) is 29.1 Å². The lowest BCUT2D eigenvalue weighted by atomic mass is 9.87. The number of nitrogens with zero attached hydrogens (tertiary/aromatic N) is 2. The van der Waals surface area contributed by atoms with E-state index in [4.69, 9.17) is 14.9 Å². The molecule has 0 radical (unpaired) electrons. The van der Waals surface area contributed by atoms with Gasteiger partial charge in [-0.05, 0) is 31.2 Å². The van der Waals surface area contributed by atoms with Crippen molar-refractivity contribution in [1.82, 2.24) is 9.13 Å². The number of nitrogens with two attached hydrogens (primary N) is 1. The molecular formula is C20H15N3O5S. The van der Waals surface area contributed by atoms with E-state index in [2.05, 4.69) is 0 Å². The van der Waals surface area contributed by atoms with Crippen LogP contribution in [-0.4, -0.2) is 27.6 Å². The summed E-state index contributed by atoms with van der Waals surface area (Å²) >= 11 is 1.06. The van der Waals surface area contributed by atoms with Gasteiger partial charge in [-0.3, -0.25) is 9.59 Å². The summed E-state index contributed by atoms with van der Waals surface area (Å²) < 4.78 is 13.8. The second-order valence-corrected chi connectivity index (χ2v) is 7.58. The molecule has 1 unspecified atom stereocenters. The number of rotatable bonds is 3. The van der Waals surface area contributed by atoms with Crippen molar-refractivity contribution in [2.45, 2.75) is 12.8 Å². The summed E-state index contributed by atoms with van der Waals surface area (Å²) in [7, 11) is 0. The first kappa shape index (κ1) is 17.5. The van der Waals surface area contributed by atoms with Gasteiger partial charge in [-0.2, -0.15) is 0 Å². The number of fused-ring (bicyclic) bond motifs is 4. The molecule has 5 heterocycles. The number of furan rings is 1. The molecule has 0 amide bonds. The lowest BCUT2D eigenvalue weighted by molar-refractivity contribution is -0.136. The van der Waals surface area contributed by atoms with Gasteiger partial charge >= 0.3 is 5.97 Å². The smallest absolute Gasteiger partial charge is 0.338 e. The van der Waals surface area contributed by atoms with Crippen molar-refractivity contribution >= 4 is 40.7 Å². The molecule has 0 saturated heterocycles. The second-order valence-electron chi connectivity index (χ2n) is 6.55. The average molecular weight is 409 g/mol. The van der Waals surface area contributed by atoms with Crippen molar-refractivity contribution in [3.05, 3.63) is 73.3 Å². The standard InChI is InChI=1S/C20H15N3O5S/c1-2-27-20(26)15-13-11-6-3-7-22(11)16(21)14(13)18(25)23-17(24)12(29-19(15)23)9-10-5-4-8-28-10/h3-9,13H,2,21H2,1H3. The average Bonchev–Trinajstić information content (AvgIpc) is 3.45. The molecule has 29 heavy (non-hydrogen) atoms. The molecule has 0 aliphatic carbocycles. The van der Waals surface area contributed by atoms with Crippen LogP contribution in [-0.2, 0) is 9.53 Å². The Morgan fingerprint density at radius 2 is 2.17 bits per heavy atom. The number of hydrogen-bond donors (Lipinski definition) is 1. The number of carbonyl (C=O) groups is 2. The molecule has 0 spiro atoms. The predicted molar refractivity (Wildman–Crippen MR) is 105 cm³/mol. The Labute approximate surface area is 167 Å². The van der Waals surface area contributed by atoms with Crippen molar-refractivity contribution < 1.29 is 18.7 Å². The van der Waals surface area contributed by atoms with E-state index in [0.717, 1.165) is 15.9 Å². The van der Waals surface area contributed by atoms with E-state index >= 15 is 0 Å². The molecule has 0 aromatic carbocycles. The molecule has 8 nitrogen and oxygen atoms in total. The van der Waals surface area contributed by atoms with Crippen LogP contribution in [0, 0.1) is 0 Å². The minimum atomic E-state index is -0.675. The van der Waals surface area contributed by atoms with Crippen molar-refractivity contribution in [3.63, 3.8) is 0 Å². The summed E-state index contributed by atoms with van der Waals surface area (Å²) in [4.78, 5) is 39.2. The maximum absolute atomic E-state index is 13.3. The maximum Gasteiger partial charge on any atom is 0.338 e. The molecule has 2 N–H and O–H groups in total. The third-order valence-corrected chi connectivity index (χ3v) is 6.10. The Kier molecular flexibility index (Phi) is 3.75.